The van der Waals surface area contributed by atoms with Crippen molar-refractivity contribution in [1.29, 1.82) is 0 Å². The van der Waals surface area contributed by atoms with Crippen LogP contribution in [0.1, 0.15) is 19.3 Å². The van der Waals surface area contributed by atoms with E-state index in [1.165, 1.54) is 25.9 Å². The molecule has 0 atom stereocenters. The lowest BCUT2D eigenvalue weighted by atomic mass is 9.97. The third-order valence-corrected chi connectivity index (χ3v) is 3.82. The lowest BCUT2D eigenvalue weighted by molar-refractivity contribution is 0.197. The number of methoxy groups -OCH3 is 1. The summed E-state index contributed by atoms with van der Waals surface area (Å²) in [6.07, 6.45) is 7.55. The number of hydrogen-bond acceptors (Lipinski definition) is 4. The van der Waals surface area contributed by atoms with E-state index >= 15 is 0 Å². The summed E-state index contributed by atoms with van der Waals surface area (Å²) in [5.41, 5.74) is 0. The highest BCUT2D eigenvalue weighted by molar-refractivity contribution is 5.25. The molecule has 108 valence electrons. The predicted octanol–water partition coefficient (Wildman–Crippen LogP) is 1.67. The van der Waals surface area contributed by atoms with Crippen LogP contribution < -0.4 is 5.32 Å². The third kappa shape index (κ3) is 4.51. The van der Waals surface area contributed by atoms with Gasteiger partial charge in [0.1, 0.15) is 0 Å². The first-order valence-corrected chi connectivity index (χ1v) is 7.22. The van der Waals surface area contributed by atoms with Crippen molar-refractivity contribution in [2.75, 3.05) is 45.7 Å². The summed E-state index contributed by atoms with van der Waals surface area (Å²) in [4.78, 5) is 6.81. The van der Waals surface area contributed by atoms with Gasteiger partial charge in [0.15, 0.2) is 0 Å². The van der Waals surface area contributed by atoms with Crippen LogP contribution in [0.15, 0.2) is 12.4 Å². The Labute approximate surface area is 116 Å². The number of imidazole rings is 1. The van der Waals surface area contributed by atoms with Gasteiger partial charge in [0.2, 0.25) is 5.95 Å². The van der Waals surface area contributed by atoms with Gasteiger partial charge in [-0.1, -0.05) is 0 Å². The largest absolute Gasteiger partial charge is 0.385 e. The fraction of sp³-hybridized carbons (Fsp3) is 0.786. The molecule has 0 spiro atoms. The van der Waals surface area contributed by atoms with Crippen LogP contribution in [0.25, 0.3) is 0 Å². The minimum atomic E-state index is 0.782. The van der Waals surface area contributed by atoms with E-state index in [1.807, 2.05) is 6.20 Å². The number of likely N-dealkylation sites (tertiary alicyclic amines) is 1. The highest BCUT2D eigenvalue weighted by atomic mass is 16.5. The van der Waals surface area contributed by atoms with Gasteiger partial charge >= 0.3 is 0 Å². The fourth-order valence-electron chi connectivity index (χ4n) is 2.56. The van der Waals surface area contributed by atoms with Crippen LogP contribution in [0.2, 0.25) is 0 Å². The van der Waals surface area contributed by atoms with E-state index in [0.717, 1.165) is 38.0 Å². The molecule has 2 rings (SSSR count). The Morgan fingerprint density at radius 2 is 2.21 bits per heavy atom. The number of hydrogen-bond donors (Lipinski definition) is 1. The summed E-state index contributed by atoms with van der Waals surface area (Å²) in [5, 5.41) is 3.39. The lowest BCUT2D eigenvalue weighted by Gasteiger charge is -2.29. The van der Waals surface area contributed by atoms with E-state index in [0.29, 0.717) is 0 Å². The molecule has 0 aliphatic carbocycles. The van der Waals surface area contributed by atoms with Gasteiger partial charge in [-0.05, 0) is 45.3 Å². The minimum absolute atomic E-state index is 0.782. The number of nitrogens with zero attached hydrogens (tertiary/aromatic N) is 3. The SMILES string of the molecule is COCCCNc1nccn1CC1CCN(C)CC1. The lowest BCUT2D eigenvalue weighted by Crippen LogP contribution is -2.32. The van der Waals surface area contributed by atoms with Crippen LogP contribution >= 0.6 is 0 Å². The summed E-state index contributed by atoms with van der Waals surface area (Å²) >= 11 is 0. The second-order valence-electron chi connectivity index (χ2n) is 5.42. The standard InChI is InChI=1S/C14H26N4O/c1-17-8-4-13(5-9-17)12-18-10-7-16-14(18)15-6-3-11-19-2/h7,10,13H,3-6,8-9,11-12H2,1-2H3,(H,15,16). The van der Waals surface area contributed by atoms with Crippen LogP contribution in [0, 0.1) is 5.92 Å². The summed E-state index contributed by atoms with van der Waals surface area (Å²) in [7, 11) is 3.94. The zero-order valence-corrected chi connectivity index (χ0v) is 12.1. The monoisotopic (exact) mass is 266 g/mol. The van der Waals surface area contributed by atoms with Crippen LogP contribution in [0.4, 0.5) is 5.95 Å². The molecule has 1 N–H and O–H groups in total. The molecule has 1 aliphatic heterocycles. The maximum atomic E-state index is 5.05. The number of ether oxygens (including phenoxy) is 1. The Balaban J connectivity index is 1.78. The summed E-state index contributed by atoms with van der Waals surface area (Å²) in [6.45, 7) is 5.23. The average molecular weight is 266 g/mol. The van der Waals surface area contributed by atoms with E-state index in [1.54, 1.807) is 7.11 Å². The molecule has 1 aliphatic rings. The van der Waals surface area contributed by atoms with Gasteiger partial charge in [0, 0.05) is 39.2 Å². The molecule has 5 nitrogen and oxygen atoms in total. The summed E-state index contributed by atoms with van der Waals surface area (Å²) in [6, 6.07) is 0. The third-order valence-electron chi connectivity index (χ3n) is 3.82. The first-order valence-electron chi connectivity index (χ1n) is 7.22. The van der Waals surface area contributed by atoms with Gasteiger partial charge in [-0.2, -0.15) is 0 Å². The van der Waals surface area contributed by atoms with E-state index in [9.17, 15) is 0 Å². The van der Waals surface area contributed by atoms with Crippen molar-refractivity contribution >= 4 is 5.95 Å². The van der Waals surface area contributed by atoms with E-state index < -0.39 is 0 Å². The van der Waals surface area contributed by atoms with Gasteiger partial charge < -0.3 is 19.5 Å². The molecule has 1 aromatic heterocycles. The van der Waals surface area contributed by atoms with Gasteiger partial charge in [-0.15, -0.1) is 0 Å². The Hall–Kier alpha value is -1.07. The first kappa shape index (κ1) is 14.3. The Bertz CT molecular complexity index is 358. The molecule has 1 fully saturated rings. The van der Waals surface area contributed by atoms with Crippen molar-refractivity contribution in [2.24, 2.45) is 5.92 Å². The van der Waals surface area contributed by atoms with Crippen molar-refractivity contribution in [3.05, 3.63) is 12.4 Å². The average Bonchev–Trinajstić information content (AvgIpc) is 2.85. The van der Waals surface area contributed by atoms with Crippen LogP contribution in [0.3, 0.4) is 0 Å². The molecule has 19 heavy (non-hydrogen) atoms. The van der Waals surface area contributed by atoms with Crippen LogP contribution in [-0.4, -0.2) is 54.8 Å². The smallest absolute Gasteiger partial charge is 0.202 e. The van der Waals surface area contributed by atoms with Gasteiger partial charge in [0.05, 0.1) is 0 Å². The fourth-order valence-corrected chi connectivity index (χ4v) is 2.56. The van der Waals surface area contributed by atoms with Crippen molar-refractivity contribution in [2.45, 2.75) is 25.8 Å². The van der Waals surface area contributed by atoms with E-state index in [-0.39, 0.29) is 0 Å². The molecular formula is C14H26N4O. The van der Waals surface area contributed by atoms with Crippen molar-refractivity contribution in [1.82, 2.24) is 14.5 Å². The molecule has 0 saturated carbocycles. The minimum Gasteiger partial charge on any atom is -0.385 e. The van der Waals surface area contributed by atoms with Gasteiger partial charge in [-0.3, -0.25) is 0 Å². The quantitative estimate of drug-likeness (QED) is 0.762. The number of piperidine rings is 1. The van der Waals surface area contributed by atoms with Crippen molar-refractivity contribution < 1.29 is 4.74 Å². The highest BCUT2D eigenvalue weighted by Crippen LogP contribution is 2.19. The number of rotatable bonds is 7. The molecule has 0 radical (unpaired) electrons. The predicted molar refractivity (Wildman–Crippen MR) is 77.4 cm³/mol. The molecule has 1 aromatic rings. The molecule has 0 amide bonds. The molecular weight excluding hydrogens is 240 g/mol. The van der Waals surface area contributed by atoms with E-state index in [4.69, 9.17) is 4.74 Å². The highest BCUT2D eigenvalue weighted by Gasteiger charge is 2.17. The number of nitrogens with one attached hydrogen (secondary N) is 1. The number of anilines is 1. The Morgan fingerprint density at radius 3 is 2.95 bits per heavy atom. The maximum absolute atomic E-state index is 5.05. The molecule has 0 unspecified atom stereocenters. The molecule has 5 heteroatoms. The van der Waals surface area contributed by atoms with Gasteiger partial charge in [-0.25, -0.2) is 4.98 Å². The topological polar surface area (TPSA) is 42.3 Å². The molecule has 2 heterocycles. The molecule has 0 aromatic carbocycles. The van der Waals surface area contributed by atoms with Crippen molar-refractivity contribution in [3.8, 4) is 0 Å². The van der Waals surface area contributed by atoms with E-state index in [2.05, 4.69) is 33.0 Å². The maximum Gasteiger partial charge on any atom is 0.202 e. The first-order chi connectivity index (χ1) is 9.29. The summed E-state index contributed by atoms with van der Waals surface area (Å²) in [5.74, 6) is 1.78. The van der Waals surface area contributed by atoms with Crippen molar-refractivity contribution in [3.63, 3.8) is 0 Å². The summed E-state index contributed by atoms with van der Waals surface area (Å²) < 4.78 is 7.30. The molecule has 0 bridgehead atoms. The number of aromatic nitrogens is 2. The second kappa shape index (κ2) is 7.50. The second-order valence-corrected chi connectivity index (χ2v) is 5.42. The Kier molecular flexibility index (Phi) is 5.66. The zero-order valence-electron chi connectivity index (χ0n) is 12.1. The Morgan fingerprint density at radius 1 is 1.42 bits per heavy atom. The molecule has 1 saturated heterocycles. The normalized spacial score (nSPS) is 17.8. The van der Waals surface area contributed by atoms with Gasteiger partial charge in [0.25, 0.3) is 0 Å². The van der Waals surface area contributed by atoms with Crippen LogP contribution in [-0.2, 0) is 11.3 Å². The van der Waals surface area contributed by atoms with Crippen LogP contribution in [0.5, 0.6) is 0 Å². The zero-order chi connectivity index (χ0) is 13.5.